The molecule has 6 nitrogen and oxygen atoms in total. The van der Waals surface area contributed by atoms with Crippen molar-refractivity contribution < 1.29 is 14.6 Å². The topological polar surface area (TPSA) is 83.5 Å². The third-order valence-electron chi connectivity index (χ3n) is 3.23. The summed E-state index contributed by atoms with van der Waals surface area (Å²) >= 11 is 0. The molecule has 0 aliphatic carbocycles. The van der Waals surface area contributed by atoms with Crippen LogP contribution in [0.3, 0.4) is 0 Å². The van der Waals surface area contributed by atoms with Crippen LogP contribution >= 0.6 is 0 Å². The second-order valence-corrected chi connectivity index (χ2v) is 5.81. The number of rotatable bonds is 6. The Balaban J connectivity index is 1.88. The van der Waals surface area contributed by atoms with E-state index < -0.39 is 12.1 Å². The maximum atomic E-state index is 11.9. The summed E-state index contributed by atoms with van der Waals surface area (Å²) < 4.78 is 5.60. The molecule has 2 amide bonds. The number of aliphatic hydroxyl groups is 1. The Hall–Kier alpha value is -2.60. The number of pyridine rings is 1. The van der Waals surface area contributed by atoms with Gasteiger partial charge in [-0.25, -0.2) is 9.78 Å². The third-order valence-corrected chi connectivity index (χ3v) is 3.23. The Bertz CT molecular complexity index is 689. The van der Waals surface area contributed by atoms with Gasteiger partial charge in [-0.1, -0.05) is 12.1 Å². The number of carbonyl (C=O) groups excluding carboxylic acids is 1. The molecule has 1 aromatic carbocycles. The van der Waals surface area contributed by atoms with Crippen LogP contribution in [0.5, 0.6) is 5.75 Å². The predicted molar refractivity (Wildman–Crippen MR) is 93.2 cm³/mol. The minimum atomic E-state index is -0.822. The lowest BCUT2D eigenvalue weighted by molar-refractivity contribution is 0.174. The van der Waals surface area contributed by atoms with Gasteiger partial charge in [-0.05, 0) is 56.2 Å². The minimum absolute atomic E-state index is 0.0584. The number of urea groups is 1. The van der Waals surface area contributed by atoms with E-state index in [1.54, 1.807) is 24.4 Å². The number of aryl methyl sites for hydroxylation is 1. The average molecular weight is 329 g/mol. The van der Waals surface area contributed by atoms with Crippen LogP contribution in [0.2, 0.25) is 0 Å². The maximum Gasteiger partial charge on any atom is 0.320 e. The second kappa shape index (κ2) is 8.31. The van der Waals surface area contributed by atoms with E-state index in [-0.39, 0.29) is 12.6 Å². The summed E-state index contributed by atoms with van der Waals surface area (Å²) in [5, 5.41) is 15.5. The zero-order valence-electron chi connectivity index (χ0n) is 14.1. The van der Waals surface area contributed by atoms with E-state index in [0.29, 0.717) is 17.1 Å². The largest absolute Gasteiger partial charge is 0.491 e. The minimum Gasteiger partial charge on any atom is -0.491 e. The van der Waals surface area contributed by atoms with Crippen molar-refractivity contribution in [1.82, 2.24) is 10.3 Å². The number of nitrogens with zero attached hydrogens (tertiary/aromatic N) is 1. The fourth-order valence-corrected chi connectivity index (χ4v) is 2.14. The molecule has 0 saturated heterocycles. The predicted octanol–water partition coefficient (Wildman–Crippen LogP) is 3.03. The summed E-state index contributed by atoms with van der Waals surface area (Å²) in [4.78, 5) is 15.9. The number of hydrogen-bond acceptors (Lipinski definition) is 4. The number of ether oxygens (including phenoxy) is 1. The standard InChI is InChI=1S/C18H23N3O3/c1-12(2)24-15-6-4-5-14(10-15)16(22)11-20-18(23)21-17-9-13(3)7-8-19-17/h4-10,12,16,22H,11H2,1-3H3,(H2,19,20,21,23)/t16-/m1/s1. The highest BCUT2D eigenvalue weighted by Crippen LogP contribution is 2.20. The average Bonchev–Trinajstić information content (AvgIpc) is 2.52. The highest BCUT2D eigenvalue weighted by atomic mass is 16.5. The highest BCUT2D eigenvalue weighted by Gasteiger charge is 2.11. The smallest absolute Gasteiger partial charge is 0.320 e. The number of anilines is 1. The Morgan fingerprint density at radius 2 is 2.08 bits per heavy atom. The monoisotopic (exact) mass is 329 g/mol. The summed E-state index contributed by atoms with van der Waals surface area (Å²) in [6.45, 7) is 5.88. The molecular weight excluding hydrogens is 306 g/mol. The SMILES string of the molecule is Cc1ccnc(NC(=O)NC[C@@H](O)c2cccc(OC(C)C)c2)c1. The van der Waals surface area contributed by atoms with Gasteiger partial charge in [0, 0.05) is 12.7 Å². The molecule has 0 spiro atoms. The number of amides is 2. The molecule has 0 unspecified atom stereocenters. The normalized spacial score (nSPS) is 11.9. The van der Waals surface area contributed by atoms with Crippen LogP contribution in [0.1, 0.15) is 31.1 Å². The van der Waals surface area contributed by atoms with Gasteiger partial charge in [0.05, 0.1) is 12.2 Å². The molecule has 2 aromatic rings. The Kier molecular flexibility index (Phi) is 6.14. The van der Waals surface area contributed by atoms with Crippen LogP contribution in [0.4, 0.5) is 10.6 Å². The summed E-state index contributed by atoms with van der Waals surface area (Å²) in [7, 11) is 0. The molecule has 0 fully saturated rings. The van der Waals surface area contributed by atoms with E-state index in [9.17, 15) is 9.90 Å². The molecule has 24 heavy (non-hydrogen) atoms. The zero-order valence-corrected chi connectivity index (χ0v) is 14.1. The lowest BCUT2D eigenvalue weighted by atomic mass is 10.1. The molecule has 0 radical (unpaired) electrons. The Labute approximate surface area is 141 Å². The number of aromatic nitrogens is 1. The lowest BCUT2D eigenvalue weighted by Crippen LogP contribution is -2.32. The van der Waals surface area contributed by atoms with E-state index in [1.165, 1.54) is 0 Å². The van der Waals surface area contributed by atoms with Crippen LogP contribution in [-0.2, 0) is 0 Å². The fourth-order valence-electron chi connectivity index (χ4n) is 2.14. The molecule has 6 heteroatoms. The van der Waals surface area contributed by atoms with Crippen molar-refractivity contribution in [2.75, 3.05) is 11.9 Å². The molecule has 0 aliphatic heterocycles. The number of nitrogens with one attached hydrogen (secondary N) is 2. The summed E-state index contributed by atoms with van der Waals surface area (Å²) in [6, 6.07) is 10.4. The maximum absolute atomic E-state index is 11.9. The summed E-state index contributed by atoms with van der Waals surface area (Å²) in [6.07, 6.45) is 0.861. The van der Waals surface area contributed by atoms with Gasteiger partial charge in [-0.15, -0.1) is 0 Å². The van der Waals surface area contributed by atoms with Crippen LogP contribution in [0.15, 0.2) is 42.6 Å². The summed E-state index contributed by atoms with van der Waals surface area (Å²) in [5.41, 5.74) is 1.68. The van der Waals surface area contributed by atoms with Crippen molar-refractivity contribution in [3.05, 3.63) is 53.7 Å². The lowest BCUT2D eigenvalue weighted by Gasteiger charge is -2.15. The van der Waals surface area contributed by atoms with Gasteiger partial charge in [-0.3, -0.25) is 5.32 Å². The van der Waals surface area contributed by atoms with E-state index in [2.05, 4.69) is 15.6 Å². The van der Waals surface area contributed by atoms with Crippen molar-refractivity contribution in [2.45, 2.75) is 33.0 Å². The van der Waals surface area contributed by atoms with Crippen molar-refractivity contribution in [1.29, 1.82) is 0 Å². The van der Waals surface area contributed by atoms with E-state index in [4.69, 9.17) is 4.74 Å². The first-order chi connectivity index (χ1) is 11.4. The van der Waals surface area contributed by atoms with Gasteiger partial charge < -0.3 is 15.2 Å². The quantitative estimate of drug-likeness (QED) is 0.760. The number of carbonyl (C=O) groups is 1. The van der Waals surface area contributed by atoms with Crippen LogP contribution < -0.4 is 15.4 Å². The van der Waals surface area contributed by atoms with Crippen molar-refractivity contribution in [2.24, 2.45) is 0 Å². The van der Waals surface area contributed by atoms with Gasteiger partial charge in [0.2, 0.25) is 0 Å². The van der Waals surface area contributed by atoms with Crippen LogP contribution in [0, 0.1) is 6.92 Å². The first-order valence-corrected chi connectivity index (χ1v) is 7.86. The van der Waals surface area contributed by atoms with Gasteiger partial charge in [0.25, 0.3) is 0 Å². The van der Waals surface area contributed by atoms with Crippen molar-refractivity contribution in [3.8, 4) is 5.75 Å². The van der Waals surface area contributed by atoms with Gasteiger partial charge in [0.1, 0.15) is 11.6 Å². The molecule has 1 atom stereocenters. The number of aliphatic hydroxyl groups excluding tert-OH is 1. The molecule has 128 valence electrons. The van der Waals surface area contributed by atoms with Gasteiger partial charge in [0.15, 0.2) is 0 Å². The molecule has 1 aromatic heterocycles. The second-order valence-electron chi connectivity index (χ2n) is 5.81. The molecular formula is C18H23N3O3. The Morgan fingerprint density at radius 3 is 2.79 bits per heavy atom. The Morgan fingerprint density at radius 1 is 1.29 bits per heavy atom. The van der Waals surface area contributed by atoms with Gasteiger partial charge in [-0.2, -0.15) is 0 Å². The molecule has 0 aliphatic rings. The molecule has 0 saturated carbocycles. The number of hydrogen-bond donors (Lipinski definition) is 3. The van der Waals surface area contributed by atoms with E-state index >= 15 is 0 Å². The molecule has 3 N–H and O–H groups in total. The zero-order chi connectivity index (χ0) is 17.5. The molecule has 2 rings (SSSR count). The third kappa shape index (κ3) is 5.55. The fraction of sp³-hybridized carbons (Fsp3) is 0.333. The van der Waals surface area contributed by atoms with Crippen LogP contribution in [0.25, 0.3) is 0 Å². The van der Waals surface area contributed by atoms with E-state index in [0.717, 1.165) is 5.56 Å². The van der Waals surface area contributed by atoms with Crippen molar-refractivity contribution in [3.63, 3.8) is 0 Å². The summed E-state index contributed by atoms with van der Waals surface area (Å²) in [5.74, 6) is 1.16. The first kappa shape index (κ1) is 17.7. The highest BCUT2D eigenvalue weighted by molar-refractivity contribution is 5.88. The van der Waals surface area contributed by atoms with Crippen molar-refractivity contribution >= 4 is 11.8 Å². The van der Waals surface area contributed by atoms with E-state index in [1.807, 2.05) is 39.0 Å². The number of benzene rings is 1. The van der Waals surface area contributed by atoms with Gasteiger partial charge >= 0.3 is 6.03 Å². The molecule has 0 bridgehead atoms. The molecule has 1 heterocycles. The first-order valence-electron chi connectivity index (χ1n) is 7.86. The van der Waals surface area contributed by atoms with Crippen LogP contribution in [-0.4, -0.2) is 28.8 Å².